The van der Waals surface area contributed by atoms with Gasteiger partial charge in [0.15, 0.2) is 0 Å². The zero-order chi connectivity index (χ0) is 24.3. The molecule has 1 aliphatic heterocycles. The molecule has 0 unspecified atom stereocenters. The Morgan fingerprint density at radius 3 is 1.97 bits per heavy atom. The summed E-state index contributed by atoms with van der Waals surface area (Å²) < 4.78 is 42.8. The Morgan fingerprint density at radius 1 is 0.912 bits per heavy atom. The van der Waals surface area contributed by atoms with E-state index in [1.807, 2.05) is 74.5 Å². The molecule has 34 heavy (non-hydrogen) atoms. The molecule has 0 saturated carbocycles. The lowest BCUT2D eigenvalue weighted by Gasteiger charge is -2.34. The van der Waals surface area contributed by atoms with Crippen molar-refractivity contribution in [1.29, 1.82) is 0 Å². The second-order valence-electron chi connectivity index (χ2n) is 9.14. The molecule has 0 aromatic heterocycles. The number of hydrogen-bond acceptors (Lipinski definition) is 3. The monoisotopic (exact) mass is 480 g/mol. The molecule has 2 atom stereocenters. The van der Waals surface area contributed by atoms with Gasteiger partial charge >= 0.3 is 0 Å². The van der Waals surface area contributed by atoms with E-state index < -0.39 is 27.8 Å². The van der Waals surface area contributed by atoms with Gasteiger partial charge in [0.1, 0.15) is 5.82 Å². The Bertz CT molecular complexity index is 1200. The summed E-state index contributed by atoms with van der Waals surface area (Å²) in [7, 11) is -3.85. The van der Waals surface area contributed by atoms with Crippen molar-refractivity contribution in [2.45, 2.75) is 31.2 Å². The number of piperidine rings is 1. The Morgan fingerprint density at radius 2 is 1.44 bits per heavy atom. The van der Waals surface area contributed by atoms with Gasteiger partial charge < -0.3 is 5.32 Å². The van der Waals surface area contributed by atoms with Crippen molar-refractivity contribution in [3.8, 4) is 0 Å². The number of nitrogens with zero attached hydrogens (tertiary/aromatic N) is 1. The average molecular weight is 481 g/mol. The predicted octanol–water partition coefficient (Wildman–Crippen LogP) is 5.01. The van der Waals surface area contributed by atoms with Crippen LogP contribution in [0.5, 0.6) is 0 Å². The third-order valence-corrected chi connectivity index (χ3v) is 8.02. The molecule has 3 aromatic carbocycles. The molecule has 0 radical (unpaired) electrons. The fourth-order valence-electron chi connectivity index (χ4n) is 4.65. The smallest absolute Gasteiger partial charge is 0.255 e. The molecule has 1 heterocycles. The number of sulfonamides is 1. The summed E-state index contributed by atoms with van der Waals surface area (Å²) in [4.78, 5) is 13.1. The summed E-state index contributed by atoms with van der Waals surface area (Å²) in [6.07, 6.45) is 0.962. The van der Waals surface area contributed by atoms with E-state index in [4.69, 9.17) is 0 Å². The summed E-state index contributed by atoms with van der Waals surface area (Å²) in [6, 6.07) is 21.7. The number of nitrogens with one attached hydrogen (secondary N) is 1. The van der Waals surface area contributed by atoms with Gasteiger partial charge in [-0.2, -0.15) is 4.31 Å². The first kappa shape index (κ1) is 24.1. The summed E-state index contributed by atoms with van der Waals surface area (Å²) in [5.74, 6) is -0.970. The van der Waals surface area contributed by atoms with Gasteiger partial charge in [0.25, 0.3) is 5.91 Å². The third kappa shape index (κ3) is 5.21. The Hall–Kier alpha value is -3.03. The van der Waals surface area contributed by atoms with Crippen molar-refractivity contribution in [3.63, 3.8) is 0 Å². The second kappa shape index (κ2) is 10.1. The number of carbonyl (C=O) groups excluding carboxylic acids is 1. The van der Waals surface area contributed by atoms with Crippen LogP contribution < -0.4 is 5.32 Å². The molecule has 4 rings (SSSR count). The number of carbonyl (C=O) groups is 1. The van der Waals surface area contributed by atoms with Crippen LogP contribution in [0.4, 0.5) is 4.39 Å². The van der Waals surface area contributed by atoms with E-state index in [0.29, 0.717) is 13.1 Å². The Balaban J connectivity index is 1.65. The lowest BCUT2D eigenvalue weighted by atomic mass is 9.94. The number of benzene rings is 3. The van der Waals surface area contributed by atoms with Gasteiger partial charge in [-0.15, -0.1) is 0 Å². The summed E-state index contributed by atoms with van der Waals surface area (Å²) >= 11 is 0. The molecule has 3 aromatic rings. The van der Waals surface area contributed by atoms with Crippen LogP contribution in [0.25, 0.3) is 0 Å². The highest BCUT2D eigenvalue weighted by atomic mass is 32.2. The number of rotatable bonds is 6. The van der Waals surface area contributed by atoms with Crippen LogP contribution in [0.3, 0.4) is 0 Å². The number of amides is 1. The van der Waals surface area contributed by atoms with Gasteiger partial charge in [0.05, 0.1) is 16.5 Å². The molecule has 1 fully saturated rings. The molecule has 0 bridgehead atoms. The van der Waals surface area contributed by atoms with Crippen LogP contribution in [0.15, 0.2) is 83.8 Å². The van der Waals surface area contributed by atoms with E-state index in [1.54, 1.807) is 0 Å². The zero-order valence-corrected chi connectivity index (χ0v) is 20.1. The fraction of sp³-hybridized carbons (Fsp3) is 0.296. The van der Waals surface area contributed by atoms with Crippen molar-refractivity contribution in [3.05, 3.63) is 101 Å². The number of halogens is 1. The first-order chi connectivity index (χ1) is 16.3. The molecule has 1 N–H and O–H groups in total. The topological polar surface area (TPSA) is 66.5 Å². The molecule has 1 amide bonds. The van der Waals surface area contributed by atoms with Crippen LogP contribution in [0.2, 0.25) is 0 Å². The first-order valence-electron chi connectivity index (χ1n) is 11.5. The van der Waals surface area contributed by atoms with Crippen molar-refractivity contribution in [2.75, 3.05) is 13.1 Å². The molecule has 5 nitrogen and oxygen atoms in total. The van der Waals surface area contributed by atoms with E-state index in [2.05, 4.69) is 5.32 Å². The molecule has 0 aliphatic carbocycles. The highest BCUT2D eigenvalue weighted by molar-refractivity contribution is 7.89. The van der Waals surface area contributed by atoms with E-state index in [-0.39, 0.29) is 22.3 Å². The SMILES string of the molecule is C[C@@H]1C[C@H](C)CN(S(=O)(=O)c2ccc(F)c(C(=O)NC(c3ccccc3)c3ccccc3)c2)C1. The van der Waals surface area contributed by atoms with Crippen molar-refractivity contribution in [1.82, 2.24) is 9.62 Å². The van der Waals surface area contributed by atoms with Gasteiger partial charge in [-0.05, 0) is 47.6 Å². The van der Waals surface area contributed by atoms with Crippen molar-refractivity contribution in [2.24, 2.45) is 11.8 Å². The molecule has 1 saturated heterocycles. The third-order valence-electron chi connectivity index (χ3n) is 6.20. The standard InChI is InChI=1S/C27H29FN2O3S/c1-19-15-20(2)18-30(17-19)34(32,33)23-13-14-25(28)24(16-23)27(31)29-26(21-9-5-3-6-10-21)22-11-7-4-8-12-22/h3-14,16,19-20,26H,15,17-18H2,1-2H3,(H,29,31)/t19-,20+. The predicted molar refractivity (Wildman–Crippen MR) is 130 cm³/mol. The van der Waals surface area contributed by atoms with Crippen LogP contribution in [-0.2, 0) is 10.0 Å². The zero-order valence-electron chi connectivity index (χ0n) is 19.3. The van der Waals surface area contributed by atoms with E-state index in [1.165, 1.54) is 10.4 Å². The molecule has 0 spiro atoms. The lowest BCUT2D eigenvalue weighted by molar-refractivity contribution is 0.0938. The maximum absolute atomic E-state index is 14.8. The Labute approximate surface area is 200 Å². The molecule has 7 heteroatoms. The molecule has 178 valence electrons. The van der Waals surface area contributed by atoms with Gasteiger partial charge in [-0.1, -0.05) is 74.5 Å². The van der Waals surface area contributed by atoms with Crippen LogP contribution in [0.1, 0.15) is 47.8 Å². The van der Waals surface area contributed by atoms with Gasteiger partial charge in [-0.25, -0.2) is 12.8 Å². The van der Waals surface area contributed by atoms with Gasteiger partial charge in [0.2, 0.25) is 10.0 Å². The second-order valence-corrected chi connectivity index (χ2v) is 11.1. The Kier molecular flexibility index (Phi) is 7.14. The first-order valence-corrected chi connectivity index (χ1v) is 12.9. The minimum atomic E-state index is -3.85. The minimum Gasteiger partial charge on any atom is -0.341 e. The van der Waals surface area contributed by atoms with Crippen molar-refractivity contribution < 1.29 is 17.6 Å². The van der Waals surface area contributed by atoms with Crippen LogP contribution in [0, 0.1) is 17.7 Å². The highest BCUT2D eigenvalue weighted by Crippen LogP contribution is 2.28. The maximum atomic E-state index is 14.8. The van der Waals surface area contributed by atoms with E-state index in [9.17, 15) is 17.6 Å². The highest BCUT2D eigenvalue weighted by Gasteiger charge is 2.32. The van der Waals surface area contributed by atoms with Crippen molar-refractivity contribution >= 4 is 15.9 Å². The summed E-state index contributed by atoms with van der Waals surface area (Å²) in [5.41, 5.74) is 1.38. The van der Waals surface area contributed by atoms with Gasteiger partial charge in [-0.3, -0.25) is 4.79 Å². The molecular weight excluding hydrogens is 451 g/mol. The minimum absolute atomic E-state index is 0.0728. The fourth-order valence-corrected chi connectivity index (χ4v) is 6.36. The lowest BCUT2D eigenvalue weighted by Crippen LogP contribution is -2.42. The summed E-state index contributed by atoms with van der Waals surface area (Å²) in [5, 5.41) is 2.89. The van der Waals surface area contributed by atoms with Crippen LogP contribution in [-0.4, -0.2) is 31.7 Å². The average Bonchev–Trinajstić information content (AvgIpc) is 2.83. The quantitative estimate of drug-likeness (QED) is 0.539. The molecule has 1 aliphatic rings. The maximum Gasteiger partial charge on any atom is 0.255 e. The summed E-state index contributed by atoms with van der Waals surface area (Å²) in [6.45, 7) is 4.87. The van der Waals surface area contributed by atoms with Gasteiger partial charge in [0, 0.05) is 13.1 Å². The van der Waals surface area contributed by atoms with Crippen LogP contribution >= 0.6 is 0 Å². The largest absolute Gasteiger partial charge is 0.341 e. The molecular formula is C27H29FN2O3S. The number of hydrogen-bond donors (Lipinski definition) is 1. The van der Waals surface area contributed by atoms with E-state index >= 15 is 0 Å². The normalized spacial score (nSPS) is 19.2. The van der Waals surface area contributed by atoms with E-state index in [0.717, 1.165) is 29.7 Å².